The van der Waals surface area contributed by atoms with E-state index in [9.17, 15) is 9.59 Å². The molecule has 0 saturated carbocycles. The predicted octanol–water partition coefficient (Wildman–Crippen LogP) is 1.12. The number of thiophene rings is 1. The normalized spacial score (nSPS) is 20.1. The maximum Gasteiger partial charge on any atom is 0.263 e. The van der Waals surface area contributed by atoms with Crippen molar-refractivity contribution in [1.29, 1.82) is 0 Å². The molecular formula is C11H14N2O2S. The Labute approximate surface area is 98.0 Å². The Morgan fingerprint density at radius 1 is 1.56 bits per heavy atom. The van der Waals surface area contributed by atoms with E-state index < -0.39 is 0 Å². The van der Waals surface area contributed by atoms with Gasteiger partial charge in [0.15, 0.2) is 5.78 Å². The minimum absolute atomic E-state index is 0.00609. The number of rotatable bonds is 2. The van der Waals surface area contributed by atoms with Crippen molar-refractivity contribution < 1.29 is 9.59 Å². The highest BCUT2D eigenvalue weighted by molar-refractivity contribution is 7.12. The van der Waals surface area contributed by atoms with Crippen molar-refractivity contribution in [3.8, 4) is 0 Å². The molecule has 1 aromatic heterocycles. The Kier molecular flexibility index (Phi) is 3.07. The average Bonchev–Trinajstić information content (AvgIpc) is 2.84. The van der Waals surface area contributed by atoms with Crippen LogP contribution in [0.2, 0.25) is 0 Å². The lowest BCUT2D eigenvalue weighted by atomic mass is 10.2. The van der Waals surface area contributed by atoms with Gasteiger partial charge < -0.3 is 10.6 Å². The number of hydrogen-bond donors (Lipinski definition) is 1. The number of nitrogens with two attached hydrogens (primary N) is 1. The molecule has 0 spiro atoms. The molecule has 5 heteroatoms. The quantitative estimate of drug-likeness (QED) is 0.785. The second-order valence-corrected chi connectivity index (χ2v) is 4.97. The predicted molar refractivity (Wildman–Crippen MR) is 62.8 cm³/mol. The first kappa shape index (κ1) is 11.3. The van der Waals surface area contributed by atoms with Crippen LogP contribution in [0.4, 0.5) is 0 Å². The van der Waals surface area contributed by atoms with E-state index in [1.807, 2.05) is 0 Å². The van der Waals surface area contributed by atoms with E-state index in [2.05, 4.69) is 0 Å². The minimum atomic E-state index is -0.00884. The Morgan fingerprint density at radius 2 is 2.31 bits per heavy atom. The van der Waals surface area contributed by atoms with Crippen LogP contribution in [-0.2, 0) is 0 Å². The Morgan fingerprint density at radius 3 is 2.81 bits per heavy atom. The molecule has 1 amide bonds. The Balaban J connectivity index is 2.11. The molecule has 2 heterocycles. The molecule has 0 unspecified atom stereocenters. The van der Waals surface area contributed by atoms with Crippen LogP contribution in [0.3, 0.4) is 0 Å². The van der Waals surface area contributed by atoms with E-state index in [0.29, 0.717) is 23.5 Å². The Bertz CT molecular complexity index is 427. The lowest BCUT2D eigenvalue weighted by Gasteiger charge is -2.13. The molecule has 1 aliphatic rings. The zero-order valence-electron chi connectivity index (χ0n) is 9.10. The van der Waals surface area contributed by atoms with Gasteiger partial charge in [0.2, 0.25) is 0 Å². The molecular weight excluding hydrogens is 224 g/mol. The van der Waals surface area contributed by atoms with Crippen molar-refractivity contribution in [2.75, 3.05) is 13.1 Å². The summed E-state index contributed by atoms with van der Waals surface area (Å²) in [5, 5.41) is 1.73. The molecule has 2 rings (SSSR count). The van der Waals surface area contributed by atoms with E-state index in [4.69, 9.17) is 5.73 Å². The molecule has 1 aliphatic heterocycles. The van der Waals surface area contributed by atoms with Crippen molar-refractivity contribution in [3.05, 3.63) is 21.9 Å². The van der Waals surface area contributed by atoms with Crippen molar-refractivity contribution in [1.82, 2.24) is 4.90 Å². The first-order valence-corrected chi connectivity index (χ1v) is 6.10. The molecule has 2 N–H and O–H groups in total. The summed E-state index contributed by atoms with van der Waals surface area (Å²) in [6, 6.07) is 1.76. The van der Waals surface area contributed by atoms with Crippen molar-refractivity contribution >= 4 is 23.0 Å². The van der Waals surface area contributed by atoms with Crippen molar-refractivity contribution in [2.24, 2.45) is 5.73 Å². The molecule has 0 bridgehead atoms. The number of carbonyl (C=O) groups is 2. The van der Waals surface area contributed by atoms with Crippen molar-refractivity contribution in [3.63, 3.8) is 0 Å². The Hall–Kier alpha value is -1.20. The number of nitrogens with zero attached hydrogens (tertiary/aromatic N) is 1. The molecule has 1 aromatic rings. The van der Waals surface area contributed by atoms with Crippen LogP contribution in [0.5, 0.6) is 0 Å². The zero-order valence-corrected chi connectivity index (χ0v) is 9.92. The van der Waals surface area contributed by atoms with Gasteiger partial charge in [-0.2, -0.15) is 0 Å². The van der Waals surface area contributed by atoms with E-state index in [1.165, 1.54) is 18.3 Å². The van der Waals surface area contributed by atoms with Crippen LogP contribution >= 0.6 is 11.3 Å². The van der Waals surface area contributed by atoms with Gasteiger partial charge in [-0.1, -0.05) is 0 Å². The van der Waals surface area contributed by atoms with Crippen LogP contribution in [0, 0.1) is 0 Å². The van der Waals surface area contributed by atoms with Crippen LogP contribution < -0.4 is 5.73 Å². The maximum absolute atomic E-state index is 12.0. The summed E-state index contributed by atoms with van der Waals surface area (Å²) in [5.74, 6) is -0.0149. The molecule has 86 valence electrons. The van der Waals surface area contributed by atoms with Gasteiger partial charge in [0.05, 0.1) is 4.88 Å². The summed E-state index contributed by atoms with van der Waals surface area (Å²) in [4.78, 5) is 25.5. The fourth-order valence-corrected chi connectivity index (χ4v) is 2.67. The van der Waals surface area contributed by atoms with Gasteiger partial charge in [-0.05, 0) is 19.4 Å². The van der Waals surface area contributed by atoms with Gasteiger partial charge in [0.25, 0.3) is 5.91 Å². The number of amides is 1. The fourth-order valence-electron chi connectivity index (χ4n) is 1.76. The second kappa shape index (κ2) is 4.35. The lowest BCUT2D eigenvalue weighted by molar-refractivity contribution is 0.0795. The third-order valence-corrected chi connectivity index (χ3v) is 3.65. The van der Waals surface area contributed by atoms with E-state index in [1.54, 1.807) is 16.3 Å². The molecule has 16 heavy (non-hydrogen) atoms. The van der Waals surface area contributed by atoms with Gasteiger partial charge in [-0.15, -0.1) is 11.3 Å². The molecule has 0 radical (unpaired) electrons. The third-order valence-electron chi connectivity index (χ3n) is 2.73. The number of hydrogen-bond acceptors (Lipinski definition) is 4. The van der Waals surface area contributed by atoms with E-state index >= 15 is 0 Å². The smallest absolute Gasteiger partial charge is 0.263 e. The topological polar surface area (TPSA) is 63.4 Å². The standard InChI is InChI=1S/C11H14N2O2S/c1-7(14)8-4-10(16-6-8)11(15)13-3-2-9(12)5-13/h4,6,9H,2-3,5,12H2,1H3/t9-/m1/s1. The molecule has 1 saturated heterocycles. The highest BCUT2D eigenvalue weighted by Gasteiger charge is 2.25. The van der Waals surface area contributed by atoms with Gasteiger partial charge in [-0.3, -0.25) is 9.59 Å². The summed E-state index contributed by atoms with van der Waals surface area (Å²) in [7, 11) is 0. The minimum Gasteiger partial charge on any atom is -0.336 e. The summed E-state index contributed by atoms with van der Waals surface area (Å²) < 4.78 is 0. The summed E-state index contributed by atoms with van der Waals surface area (Å²) in [6.07, 6.45) is 0.858. The van der Waals surface area contributed by atoms with Crippen LogP contribution in [0.25, 0.3) is 0 Å². The first-order valence-electron chi connectivity index (χ1n) is 5.22. The van der Waals surface area contributed by atoms with E-state index in [-0.39, 0.29) is 17.7 Å². The summed E-state index contributed by atoms with van der Waals surface area (Å²) >= 11 is 1.32. The fraction of sp³-hybridized carbons (Fsp3) is 0.455. The SMILES string of the molecule is CC(=O)c1csc(C(=O)N2CC[C@@H](N)C2)c1. The van der Waals surface area contributed by atoms with Gasteiger partial charge in [0, 0.05) is 30.1 Å². The number of carbonyl (C=O) groups excluding carboxylic acids is 2. The van der Waals surface area contributed by atoms with Gasteiger partial charge in [0.1, 0.15) is 0 Å². The maximum atomic E-state index is 12.0. The van der Waals surface area contributed by atoms with Gasteiger partial charge in [-0.25, -0.2) is 0 Å². The van der Waals surface area contributed by atoms with Crippen LogP contribution in [0.1, 0.15) is 33.4 Å². The van der Waals surface area contributed by atoms with Crippen molar-refractivity contribution in [2.45, 2.75) is 19.4 Å². The average molecular weight is 238 g/mol. The summed E-state index contributed by atoms with van der Waals surface area (Å²) in [5.41, 5.74) is 6.36. The highest BCUT2D eigenvalue weighted by Crippen LogP contribution is 2.19. The monoisotopic (exact) mass is 238 g/mol. The first-order chi connectivity index (χ1) is 7.58. The van der Waals surface area contributed by atoms with Crippen LogP contribution in [0.15, 0.2) is 11.4 Å². The molecule has 0 aromatic carbocycles. The molecule has 0 aliphatic carbocycles. The number of likely N-dealkylation sites (tertiary alicyclic amines) is 1. The van der Waals surface area contributed by atoms with E-state index in [0.717, 1.165) is 6.42 Å². The zero-order chi connectivity index (χ0) is 11.7. The second-order valence-electron chi connectivity index (χ2n) is 4.06. The third kappa shape index (κ3) is 2.15. The largest absolute Gasteiger partial charge is 0.336 e. The molecule has 1 atom stereocenters. The van der Waals surface area contributed by atoms with Gasteiger partial charge >= 0.3 is 0 Å². The summed E-state index contributed by atoms with van der Waals surface area (Å²) in [6.45, 7) is 2.83. The molecule has 4 nitrogen and oxygen atoms in total. The highest BCUT2D eigenvalue weighted by atomic mass is 32.1. The van der Waals surface area contributed by atoms with Crippen LogP contribution in [-0.4, -0.2) is 35.7 Å². The lowest BCUT2D eigenvalue weighted by Crippen LogP contribution is -2.31. The number of Topliss-reactive ketones (excluding diaryl/α,β-unsaturated/α-hetero) is 1. The number of ketones is 1. The molecule has 1 fully saturated rings.